The summed E-state index contributed by atoms with van der Waals surface area (Å²) < 4.78 is 29.2. The fourth-order valence-corrected chi connectivity index (χ4v) is 8.42. The highest BCUT2D eigenvalue weighted by Crippen LogP contribution is 2.34. The molecule has 3 aliphatic rings. The molecule has 2 fully saturated rings. The topological polar surface area (TPSA) is 90.0 Å². The van der Waals surface area contributed by atoms with Gasteiger partial charge < -0.3 is 15.1 Å². The first-order chi connectivity index (χ1) is 19.3. The van der Waals surface area contributed by atoms with E-state index in [1.54, 1.807) is 27.4 Å². The number of carbonyl (C=O) groups excluding carboxylic acids is 2. The van der Waals surface area contributed by atoms with E-state index >= 15 is 0 Å². The zero-order chi connectivity index (χ0) is 28.4. The van der Waals surface area contributed by atoms with Gasteiger partial charge in [0.05, 0.1) is 4.90 Å². The van der Waals surface area contributed by atoms with Crippen molar-refractivity contribution in [1.82, 2.24) is 19.4 Å². The molecule has 0 unspecified atom stereocenters. The number of nitrogens with one attached hydrogen (secondary N) is 1. The van der Waals surface area contributed by atoms with Crippen LogP contribution in [0.2, 0.25) is 0 Å². The number of hydrogen-bond donors (Lipinski definition) is 1. The lowest BCUT2D eigenvalue weighted by atomic mass is 9.86. The van der Waals surface area contributed by atoms with Crippen molar-refractivity contribution < 1.29 is 18.0 Å². The number of piperazine rings is 2. The summed E-state index contributed by atoms with van der Waals surface area (Å²) >= 11 is 0. The van der Waals surface area contributed by atoms with Gasteiger partial charge in [0.1, 0.15) is 12.1 Å². The molecule has 8 nitrogen and oxygen atoms in total. The van der Waals surface area contributed by atoms with Gasteiger partial charge in [0.2, 0.25) is 21.8 Å². The van der Waals surface area contributed by atoms with Crippen molar-refractivity contribution in [3.8, 4) is 0 Å². The Kier molecular flexibility index (Phi) is 8.63. The van der Waals surface area contributed by atoms with Crippen molar-refractivity contribution in [1.29, 1.82) is 0 Å². The zero-order valence-electron chi connectivity index (χ0n) is 23.9. The van der Waals surface area contributed by atoms with Gasteiger partial charge in [0.15, 0.2) is 0 Å². The minimum absolute atomic E-state index is 0.0171. The Balaban J connectivity index is 1.45. The van der Waals surface area contributed by atoms with Gasteiger partial charge in [0.25, 0.3) is 0 Å². The standard InChI is InChI=1S/C31H42N4O4S/c1-4-22(5-2)29-30(36)32-28(26-19-23-11-7-8-12-24(23)20-26)31(37)35(29)21-25-13-9-10-14-27(25)40(38,39)34-17-15-33(6-3)16-18-34/h7-14,22,26,28-29H,4-6,15-21H2,1-3H3,(H,32,36)/t28-,29-/m1/s1. The molecule has 40 heavy (non-hydrogen) atoms. The molecule has 2 amide bonds. The molecule has 2 aliphatic heterocycles. The van der Waals surface area contributed by atoms with Crippen LogP contribution in [0.25, 0.3) is 0 Å². The summed E-state index contributed by atoms with van der Waals surface area (Å²) in [5.41, 5.74) is 3.01. The lowest BCUT2D eigenvalue weighted by molar-refractivity contribution is -0.154. The molecule has 2 saturated heterocycles. The predicted molar refractivity (Wildman–Crippen MR) is 155 cm³/mol. The molecule has 0 radical (unpaired) electrons. The molecule has 1 N–H and O–H groups in total. The monoisotopic (exact) mass is 566 g/mol. The normalized spacial score (nSPS) is 23.1. The van der Waals surface area contributed by atoms with E-state index in [1.165, 1.54) is 11.1 Å². The Bertz CT molecular complexity index is 1310. The molecular formula is C31H42N4O4S. The summed E-state index contributed by atoms with van der Waals surface area (Å²) in [5.74, 6) is -0.284. The van der Waals surface area contributed by atoms with Gasteiger partial charge in [-0.2, -0.15) is 4.31 Å². The van der Waals surface area contributed by atoms with Crippen LogP contribution in [0.3, 0.4) is 0 Å². The number of amides is 2. The van der Waals surface area contributed by atoms with E-state index in [0.29, 0.717) is 31.7 Å². The van der Waals surface area contributed by atoms with Gasteiger partial charge in [0, 0.05) is 32.7 Å². The van der Waals surface area contributed by atoms with Gasteiger partial charge >= 0.3 is 0 Å². The summed E-state index contributed by atoms with van der Waals surface area (Å²) in [7, 11) is -3.75. The summed E-state index contributed by atoms with van der Waals surface area (Å²) in [6.07, 6.45) is 2.98. The summed E-state index contributed by atoms with van der Waals surface area (Å²) in [6, 6.07) is 13.9. The fourth-order valence-electron chi connectivity index (χ4n) is 6.78. The van der Waals surface area contributed by atoms with Crippen molar-refractivity contribution in [2.45, 2.75) is 70.0 Å². The summed E-state index contributed by atoms with van der Waals surface area (Å²) in [4.78, 5) is 32.1. The maximum Gasteiger partial charge on any atom is 0.246 e. The van der Waals surface area contributed by atoms with Gasteiger partial charge in [-0.1, -0.05) is 76.1 Å². The van der Waals surface area contributed by atoms with Crippen LogP contribution in [0, 0.1) is 11.8 Å². The van der Waals surface area contributed by atoms with E-state index in [-0.39, 0.29) is 35.1 Å². The number of carbonyl (C=O) groups is 2. The molecule has 0 bridgehead atoms. The van der Waals surface area contributed by atoms with E-state index in [9.17, 15) is 18.0 Å². The van der Waals surface area contributed by atoms with E-state index in [2.05, 4.69) is 29.3 Å². The molecule has 0 aromatic heterocycles. The molecule has 9 heteroatoms. The highest BCUT2D eigenvalue weighted by atomic mass is 32.2. The summed E-state index contributed by atoms with van der Waals surface area (Å²) in [5, 5.41) is 3.10. The number of likely N-dealkylation sites (N-methyl/N-ethyl adjacent to an activating group) is 1. The Labute approximate surface area is 238 Å². The SMILES string of the molecule is CCC(CC)[C@@H]1C(=O)N[C@H](C2Cc3ccccc3C2)C(=O)N1Cc1ccccc1S(=O)(=O)N1CCN(CC)CC1. The van der Waals surface area contributed by atoms with Crippen molar-refractivity contribution in [2.24, 2.45) is 11.8 Å². The largest absolute Gasteiger partial charge is 0.342 e. The lowest BCUT2D eigenvalue weighted by Crippen LogP contribution is -2.66. The van der Waals surface area contributed by atoms with E-state index in [0.717, 1.165) is 32.2 Å². The van der Waals surface area contributed by atoms with Crippen LogP contribution in [0.5, 0.6) is 0 Å². The van der Waals surface area contributed by atoms with Crippen molar-refractivity contribution in [2.75, 3.05) is 32.7 Å². The highest BCUT2D eigenvalue weighted by molar-refractivity contribution is 7.89. The molecule has 0 saturated carbocycles. The predicted octanol–water partition coefficient (Wildman–Crippen LogP) is 3.06. The van der Waals surface area contributed by atoms with Crippen LogP contribution in [0.1, 0.15) is 50.3 Å². The smallest absolute Gasteiger partial charge is 0.246 e. The third-order valence-electron chi connectivity index (χ3n) is 9.21. The van der Waals surface area contributed by atoms with Crippen molar-refractivity contribution in [3.05, 3.63) is 65.2 Å². The molecular weight excluding hydrogens is 524 g/mol. The van der Waals surface area contributed by atoms with E-state index in [4.69, 9.17) is 0 Å². The van der Waals surface area contributed by atoms with Crippen LogP contribution < -0.4 is 5.32 Å². The maximum atomic E-state index is 14.2. The van der Waals surface area contributed by atoms with Crippen molar-refractivity contribution >= 4 is 21.8 Å². The Morgan fingerprint density at radius 2 is 1.48 bits per heavy atom. The van der Waals surface area contributed by atoms with Gasteiger partial charge in [-0.15, -0.1) is 0 Å². The minimum atomic E-state index is -3.75. The van der Waals surface area contributed by atoms with Crippen molar-refractivity contribution in [3.63, 3.8) is 0 Å². The molecule has 2 aromatic rings. The number of rotatable bonds is 9. The number of sulfonamides is 1. The van der Waals surface area contributed by atoms with Gasteiger partial charge in [-0.3, -0.25) is 9.59 Å². The third-order valence-corrected chi connectivity index (χ3v) is 11.2. The first kappa shape index (κ1) is 28.8. The quantitative estimate of drug-likeness (QED) is 0.504. The van der Waals surface area contributed by atoms with Gasteiger partial charge in [-0.25, -0.2) is 8.42 Å². The zero-order valence-corrected chi connectivity index (χ0v) is 24.7. The molecule has 216 valence electrons. The van der Waals surface area contributed by atoms with E-state index in [1.807, 2.05) is 32.0 Å². The number of nitrogens with zero attached hydrogens (tertiary/aromatic N) is 3. The van der Waals surface area contributed by atoms with E-state index < -0.39 is 22.1 Å². The first-order valence-corrected chi connectivity index (χ1v) is 16.2. The lowest BCUT2D eigenvalue weighted by Gasteiger charge is -2.44. The molecule has 1 aliphatic carbocycles. The average molecular weight is 567 g/mol. The highest BCUT2D eigenvalue weighted by Gasteiger charge is 2.47. The fraction of sp³-hybridized carbons (Fsp3) is 0.548. The number of hydrogen-bond acceptors (Lipinski definition) is 5. The van der Waals surface area contributed by atoms with Gasteiger partial charge in [-0.05, 0) is 54.0 Å². The molecule has 2 aromatic carbocycles. The molecule has 0 spiro atoms. The average Bonchev–Trinajstić information content (AvgIpc) is 3.41. The number of fused-ring (bicyclic) bond motifs is 1. The van der Waals surface area contributed by atoms with Crippen LogP contribution >= 0.6 is 0 Å². The van der Waals surface area contributed by atoms with Crippen LogP contribution in [0.4, 0.5) is 0 Å². The minimum Gasteiger partial charge on any atom is -0.342 e. The molecule has 2 atom stereocenters. The Morgan fingerprint density at radius 3 is 2.08 bits per heavy atom. The molecule has 2 heterocycles. The second-order valence-corrected chi connectivity index (χ2v) is 13.3. The second-order valence-electron chi connectivity index (χ2n) is 11.4. The summed E-state index contributed by atoms with van der Waals surface area (Å²) in [6.45, 7) is 9.43. The second kappa shape index (κ2) is 12.0. The Hall–Kier alpha value is -2.75. The van der Waals surface area contributed by atoms with Crippen LogP contribution in [-0.2, 0) is 39.0 Å². The first-order valence-electron chi connectivity index (χ1n) is 14.8. The third kappa shape index (κ3) is 5.43. The number of benzene rings is 2. The maximum absolute atomic E-state index is 14.2. The molecule has 5 rings (SSSR count). The Morgan fingerprint density at radius 1 is 0.875 bits per heavy atom. The van der Waals surface area contributed by atoms with Crippen LogP contribution in [-0.4, -0.2) is 79.1 Å². The van der Waals surface area contributed by atoms with Crippen LogP contribution in [0.15, 0.2) is 53.4 Å².